The molecule has 0 aliphatic heterocycles. The Morgan fingerprint density at radius 2 is 1.00 bits per heavy atom. The number of phenols is 2. The van der Waals surface area contributed by atoms with Crippen LogP contribution in [-0.2, 0) is 18.3 Å². The summed E-state index contributed by atoms with van der Waals surface area (Å²) in [5.74, 6) is 0.631. The van der Waals surface area contributed by atoms with E-state index in [-0.39, 0.29) is 0 Å². The van der Waals surface area contributed by atoms with E-state index < -0.39 is 5.41 Å². The van der Waals surface area contributed by atoms with Crippen LogP contribution in [0.15, 0.2) is 84.9 Å². The van der Waals surface area contributed by atoms with Crippen molar-refractivity contribution >= 4 is 0 Å². The molecule has 0 aromatic heterocycles. The number of aryl methyl sites for hydroxylation is 2. The molecular weight excluding hydrogens is 380 g/mol. The van der Waals surface area contributed by atoms with Gasteiger partial charge in [-0.3, -0.25) is 0 Å². The lowest BCUT2D eigenvalue weighted by Gasteiger charge is -2.34. The third-order valence-corrected chi connectivity index (χ3v) is 6.75. The highest BCUT2D eigenvalue weighted by atomic mass is 16.3. The zero-order valence-electron chi connectivity index (χ0n) is 17.9. The summed E-state index contributed by atoms with van der Waals surface area (Å²) in [4.78, 5) is 0. The highest BCUT2D eigenvalue weighted by molar-refractivity contribution is 5.86. The van der Waals surface area contributed by atoms with Crippen molar-refractivity contribution in [3.05, 3.63) is 118 Å². The third-order valence-electron chi connectivity index (χ3n) is 6.75. The summed E-state index contributed by atoms with van der Waals surface area (Å²) in [6, 6.07) is 29.1. The van der Waals surface area contributed by atoms with Crippen LogP contribution in [0.1, 0.15) is 47.2 Å². The van der Waals surface area contributed by atoms with Gasteiger partial charge >= 0.3 is 0 Å². The molecule has 2 heteroatoms. The van der Waals surface area contributed by atoms with Gasteiger partial charge in [0.05, 0.1) is 5.41 Å². The molecular formula is C29H26O2. The van der Waals surface area contributed by atoms with E-state index in [4.69, 9.17) is 0 Å². The molecule has 1 aliphatic carbocycles. The maximum atomic E-state index is 10.8. The molecule has 2 nitrogen and oxygen atoms in total. The number of phenolic OH excluding ortho intramolecular Hbond substituents is 2. The van der Waals surface area contributed by atoms with Crippen LogP contribution >= 0.6 is 0 Å². The van der Waals surface area contributed by atoms with Crippen LogP contribution in [0.25, 0.3) is 11.1 Å². The lowest BCUT2D eigenvalue weighted by atomic mass is 9.67. The fourth-order valence-corrected chi connectivity index (χ4v) is 5.22. The Labute approximate surface area is 183 Å². The molecule has 31 heavy (non-hydrogen) atoms. The average Bonchev–Trinajstić information content (AvgIpc) is 3.10. The molecule has 0 heterocycles. The maximum absolute atomic E-state index is 10.8. The molecule has 0 bridgehead atoms. The minimum atomic E-state index is -0.610. The molecule has 0 amide bonds. The summed E-state index contributed by atoms with van der Waals surface area (Å²) in [6.45, 7) is 4.10. The summed E-state index contributed by atoms with van der Waals surface area (Å²) in [6.07, 6.45) is 1.55. The van der Waals surface area contributed by atoms with E-state index in [1.165, 1.54) is 22.3 Å². The number of aromatic hydroxyl groups is 2. The van der Waals surface area contributed by atoms with Gasteiger partial charge in [-0.15, -0.1) is 0 Å². The van der Waals surface area contributed by atoms with Crippen LogP contribution in [0.2, 0.25) is 0 Å². The second-order valence-corrected chi connectivity index (χ2v) is 8.24. The lowest BCUT2D eigenvalue weighted by Crippen LogP contribution is -2.28. The van der Waals surface area contributed by atoms with Crippen molar-refractivity contribution in [1.29, 1.82) is 0 Å². The van der Waals surface area contributed by atoms with E-state index in [9.17, 15) is 10.2 Å². The summed E-state index contributed by atoms with van der Waals surface area (Å²) >= 11 is 0. The first-order chi connectivity index (χ1) is 15.1. The van der Waals surface area contributed by atoms with Crippen molar-refractivity contribution in [2.24, 2.45) is 0 Å². The SMILES string of the molecule is CCc1ccc(C2(c3ccc(CC)c(O)c3)c3ccccc3-c3ccccc32)cc1O. The minimum absolute atomic E-state index is 0.315. The third kappa shape index (κ3) is 2.71. The Kier molecular flexibility index (Phi) is 4.59. The van der Waals surface area contributed by atoms with Crippen molar-refractivity contribution in [1.82, 2.24) is 0 Å². The van der Waals surface area contributed by atoms with E-state index in [1.54, 1.807) is 0 Å². The zero-order valence-corrected chi connectivity index (χ0v) is 17.9. The van der Waals surface area contributed by atoms with E-state index in [1.807, 2.05) is 38.1 Å². The van der Waals surface area contributed by atoms with Crippen LogP contribution < -0.4 is 0 Å². The number of fused-ring (bicyclic) bond motifs is 3. The number of benzene rings is 4. The molecule has 0 radical (unpaired) electrons. The molecule has 4 aromatic rings. The van der Waals surface area contributed by atoms with E-state index in [0.717, 1.165) is 35.1 Å². The topological polar surface area (TPSA) is 40.5 Å². The zero-order chi connectivity index (χ0) is 21.6. The Morgan fingerprint density at radius 1 is 0.581 bits per heavy atom. The Balaban J connectivity index is 1.92. The summed E-state index contributed by atoms with van der Waals surface area (Å²) in [5, 5.41) is 21.6. The molecule has 0 saturated carbocycles. The van der Waals surface area contributed by atoms with Gasteiger partial charge < -0.3 is 10.2 Å². The predicted molar refractivity (Wildman–Crippen MR) is 126 cm³/mol. The van der Waals surface area contributed by atoms with Gasteiger partial charge in [-0.2, -0.15) is 0 Å². The smallest absolute Gasteiger partial charge is 0.119 e. The molecule has 0 unspecified atom stereocenters. The first kappa shape index (κ1) is 19.4. The standard InChI is InChI=1S/C29H26O2/c1-3-19-13-15-21(17-27(19)30)29(22-16-14-20(4-2)28(31)18-22)25-11-7-5-9-23(25)24-10-6-8-12-26(24)29/h5-18,30-31H,3-4H2,1-2H3. The highest BCUT2D eigenvalue weighted by Crippen LogP contribution is 2.56. The van der Waals surface area contributed by atoms with Crippen LogP contribution in [0.3, 0.4) is 0 Å². The number of hydrogen-bond acceptors (Lipinski definition) is 2. The van der Waals surface area contributed by atoms with E-state index >= 15 is 0 Å². The Bertz CT molecular complexity index is 1180. The number of rotatable bonds is 4. The predicted octanol–water partition coefficient (Wildman–Crippen LogP) is 6.59. The van der Waals surface area contributed by atoms with Gasteiger partial charge in [0.1, 0.15) is 11.5 Å². The minimum Gasteiger partial charge on any atom is -0.508 e. The average molecular weight is 407 g/mol. The monoisotopic (exact) mass is 406 g/mol. The lowest BCUT2D eigenvalue weighted by molar-refractivity contribution is 0.466. The van der Waals surface area contributed by atoms with Crippen LogP contribution in [-0.4, -0.2) is 10.2 Å². The van der Waals surface area contributed by atoms with Crippen molar-refractivity contribution in [3.8, 4) is 22.6 Å². The molecule has 0 saturated heterocycles. The van der Waals surface area contributed by atoms with Gasteiger partial charge in [-0.1, -0.05) is 86.6 Å². The molecule has 4 aromatic carbocycles. The van der Waals surface area contributed by atoms with Gasteiger partial charge in [0.15, 0.2) is 0 Å². The summed E-state index contributed by atoms with van der Waals surface area (Å²) in [7, 11) is 0. The fraction of sp³-hybridized carbons (Fsp3) is 0.172. The van der Waals surface area contributed by atoms with Gasteiger partial charge in [0, 0.05) is 0 Å². The first-order valence-electron chi connectivity index (χ1n) is 10.9. The normalized spacial score (nSPS) is 13.6. The van der Waals surface area contributed by atoms with Gasteiger partial charge in [-0.25, -0.2) is 0 Å². The van der Waals surface area contributed by atoms with Crippen LogP contribution in [0, 0.1) is 0 Å². The second-order valence-electron chi connectivity index (χ2n) is 8.24. The van der Waals surface area contributed by atoms with Crippen molar-refractivity contribution in [3.63, 3.8) is 0 Å². The molecule has 2 N–H and O–H groups in total. The van der Waals surface area contributed by atoms with E-state index in [2.05, 4.69) is 60.7 Å². The van der Waals surface area contributed by atoms with E-state index in [0.29, 0.717) is 11.5 Å². The largest absolute Gasteiger partial charge is 0.508 e. The first-order valence-corrected chi connectivity index (χ1v) is 10.9. The maximum Gasteiger partial charge on any atom is 0.119 e. The van der Waals surface area contributed by atoms with Crippen molar-refractivity contribution in [2.75, 3.05) is 0 Å². The molecule has 1 aliphatic rings. The molecule has 0 spiro atoms. The summed E-state index contributed by atoms with van der Waals surface area (Å²) in [5.41, 5.74) is 7.98. The van der Waals surface area contributed by atoms with Crippen LogP contribution in [0.5, 0.6) is 11.5 Å². The summed E-state index contributed by atoms with van der Waals surface area (Å²) < 4.78 is 0. The molecule has 5 rings (SSSR count). The van der Waals surface area contributed by atoms with Gasteiger partial charge in [0.2, 0.25) is 0 Å². The second kappa shape index (κ2) is 7.31. The molecule has 154 valence electrons. The molecule has 0 fully saturated rings. The quantitative estimate of drug-likeness (QED) is 0.354. The highest BCUT2D eigenvalue weighted by Gasteiger charge is 2.46. The molecule has 0 atom stereocenters. The van der Waals surface area contributed by atoms with Crippen LogP contribution in [0.4, 0.5) is 0 Å². The Morgan fingerprint density at radius 3 is 1.39 bits per heavy atom. The van der Waals surface area contributed by atoms with Gasteiger partial charge in [-0.05, 0) is 69.5 Å². The number of hydrogen-bond donors (Lipinski definition) is 2. The van der Waals surface area contributed by atoms with Gasteiger partial charge in [0.25, 0.3) is 0 Å². The Hall–Kier alpha value is -3.52. The van der Waals surface area contributed by atoms with Crippen molar-refractivity contribution < 1.29 is 10.2 Å². The fourth-order valence-electron chi connectivity index (χ4n) is 5.22. The van der Waals surface area contributed by atoms with Crippen molar-refractivity contribution in [2.45, 2.75) is 32.1 Å².